The molecule has 1 heterocycles. The van der Waals surface area contributed by atoms with Crippen LogP contribution in [0.3, 0.4) is 0 Å². The second-order valence-corrected chi connectivity index (χ2v) is 8.88. The molecule has 0 aromatic heterocycles. The minimum atomic E-state index is -5.52. The number of sulfonamides is 1. The number of alkyl halides is 3. The molecule has 0 unspecified atom stereocenters. The SMILES string of the molecule is Cc1cc(C(=O)N2CCN(c3ccccc3)C[C@H]2C)ccc1NS(=O)(=O)C(F)(F)F. The molecule has 162 valence electrons. The summed E-state index contributed by atoms with van der Waals surface area (Å²) in [7, 11) is -5.52. The van der Waals surface area contributed by atoms with Crippen molar-refractivity contribution in [2.75, 3.05) is 29.3 Å². The second kappa shape index (κ2) is 8.17. The molecule has 30 heavy (non-hydrogen) atoms. The van der Waals surface area contributed by atoms with Gasteiger partial charge in [0.25, 0.3) is 5.91 Å². The first-order chi connectivity index (χ1) is 14.0. The highest BCUT2D eigenvalue weighted by molar-refractivity contribution is 7.93. The van der Waals surface area contributed by atoms with Gasteiger partial charge in [0, 0.05) is 36.9 Å². The van der Waals surface area contributed by atoms with Crippen LogP contribution >= 0.6 is 0 Å². The van der Waals surface area contributed by atoms with Gasteiger partial charge in [-0.05, 0) is 49.7 Å². The maximum Gasteiger partial charge on any atom is 0.516 e. The van der Waals surface area contributed by atoms with Crippen LogP contribution in [0.15, 0.2) is 48.5 Å². The lowest BCUT2D eigenvalue weighted by Gasteiger charge is -2.41. The van der Waals surface area contributed by atoms with E-state index in [1.165, 1.54) is 29.8 Å². The van der Waals surface area contributed by atoms with E-state index in [9.17, 15) is 26.4 Å². The molecule has 0 aliphatic carbocycles. The number of hydrogen-bond donors (Lipinski definition) is 1. The van der Waals surface area contributed by atoms with Crippen molar-refractivity contribution in [3.8, 4) is 0 Å². The standard InChI is InChI=1S/C20H22F3N3O3S/c1-14-12-16(8-9-18(14)24-30(28,29)20(21,22)23)19(27)26-11-10-25(13-15(26)2)17-6-4-3-5-7-17/h3-9,12,15,24H,10-11,13H2,1-2H3/t15-/m1/s1. The van der Waals surface area contributed by atoms with Gasteiger partial charge in [0.15, 0.2) is 0 Å². The smallest absolute Gasteiger partial charge is 0.368 e. The topological polar surface area (TPSA) is 69.7 Å². The maximum atomic E-state index is 13.0. The Labute approximate surface area is 173 Å². The Bertz CT molecular complexity index is 1030. The van der Waals surface area contributed by atoms with Gasteiger partial charge in [-0.15, -0.1) is 0 Å². The van der Waals surface area contributed by atoms with E-state index < -0.39 is 15.5 Å². The number of anilines is 2. The van der Waals surface area contributed by atoms with Crippen LogP contribution in [0.1, 0.15) is 22.8 Å². The summed E-state index contributed by atoms with van der Waals surface area (Å²) in [5, 5.41) is 0. The molecule has 1 amide bonds. The van der Waals surface area contributed by atoms with E-state index >= 15 is 0 Å². The van der Waals surface area contributed by atoms with Crippen LogP contribution in [0.4, 0.5) is 24.5 Å². The number of piperazine rings is 1. The first kappa shape index (κ1) is 21.9. The van der Waals surface area contributed by atoms with Crippen LogP contribution in [0.2, 0.25) is 0 Å². The van der Waals surface area contributed by atoms with Crippen LogP contribution in [-0.4, -0.2) is 50.4 Å². The fraction of sp³-hybridized carbons (Fsp3) is 0.350. The number of carbonyl (C=O) groups excluding carboxylic acids is 1. The number of hydrogen-bond acceptors (Lipinski definition) is 4. The van der Waals surface area contributed by atoms with Crippen LogP contribution < -0.4 is 9.62 Å². The van der Waals surface area contributed by atoms with E-state index in [1.807, 2.05) is 37.3 Å². The van der Waals surface area contributed by atoms with Gasteiger partial charge in [-0.2, -0.15) is 21.6 Å². The van der Waals surface area contributed by atoms with Gasteiger partial charge in [0.05, 0.1) is 5.69 Å². The Kier molecular flexibility index (Phi) is 5.98. The fourth-order valence-electron chi connectivity index (χ4n) is 3.41. The lowest BCUT2D eigenvalue weighted by Crippen LogP contribution is -2.54. The van der Waals surface area contributed by atoms with Crippen molar-refractivity contribution >= 4 is 27.3 Å². The molecule has 1 saturated heterocycles. The van der Waals surface area contributed by atoms with Crippen molar-refractivity contribution in [1.82, 2.24) is 4.90 Å². The van der Waals surface area contributed by atoms with Gasteiger partial charge in [0.1, 0.15) is 0 Å². The number of aryl methyl sites for hydroxylation is 1. The predicted octanol–water partition coefficient (Wildman–Crippen LogP) is 3.61. The van der Waals surface area contributed by atoms with Gasteiger partial charge in [0.2, 0.25) is 0 Å². The Hall–Kier alpha value is -2.75. The molecular formula is C20H22F3N3O3S. The van der Waals surface area contributed by atoms with Gasteiger partial charge in [-0.3, -0.25) is 9.52 Å². The van der Waals surface area contributed by atoms with Gasteiger partial charge >= 0.3 is 15.5 Å². The molecule has 2 aromatic carbocycles. The van der Waals surface area contributed by atoms with Crippen molar-refractivity contribution in [2.24, 2.45) is 0 Å². The zero-order chi connectivity index (χ0) is 22.1. The quantitative estimate of drug-likeness (QED) is 0.787. The third-order valence-electron chi connectivity index (χ3n) is 5.03. The summed E-state index contributed by atoms with van der Waals surface area (Å²) in [4.78, 5) is 16.9. The normalized spacial score (nSPS) is 17.7. The molecule has 6 nitrogen and oxygen atoms in total. The summed E-state index contributed by atoms with van der Waals surface area (Å²) < 4.78 is 61.9. The van der Waals surface area contributed by atoms with Crippen LogP contribution in [0, 0.1) is 6.92 Å². The van der Waals surface area contributed by atoms with Crippen molar-refractivity contribution in [3.63, 3.8) is 0 Å². The van der Waals surface area contributed by atoms with Gasteiger partial charge < -0.3 is 9.80 Å². The summed E-state index contributed by atoms with van der Waals surface area (Å²) in [6.07, 6.45) is 0. The largest absolute Gasteiger partial charge is 0.516 e. The van der Waals surface area contributed by atoms with E-state index in [1.54, 1.807) is 4.90 Å². The Balaban J connectivity index is 1.72. The van der Waals surface area contributed by atoms with E-state index in [-0.39, 0.29) is 23.2 Å². The number of amides is 1. The number of para-hydroxylation sites is 1. The number of halogens is 3. The zero-order valence-electron chi connectivity index (χ0n) is 16.5. The number of nitrogens with one attached hydrogen (secondary N) is 1. The molecule has 1 fully saturated rings. The third kappa shape index (κ3) is 4.53. The highest BCUT2D eigenvalue weighted by Gasteiger charge is 2.46. The molecule has 0 radical (unpaired) electrons. The van der Waals surface area contributed by atoms with Crippen molar-refractivity contribution < 1.29 is 26.4 Å². The lowest BCUT2D eigenvalue weighted by atomic mass is 10.1. The molecule has 2 aromatic rings. The second-order valence-electron chi connectivity index (χ2n) is 7.21. The highest BCUT2D eigenvalue weighted by Crippen LogP contribution is 2.28. The molecule has 0 saturated carbocycles. The van der Waals surface area contributed by atoms with Gasteiger partial charge in [-0.1, -0.05) is 18.2 Å². The summed E-state index contributed by atoms with van der Waals surface area (Å²) in [5.74, 6) is -0.247. The third-order valence-corrected chi connectivity index (χ3v) is 6.13. The molecule has 0 spiro atoms. The summed E-state index contributed by atoms with van der Waals surface area (Å²) in [6, 6.07) is 13.7. The van der Waals surface area contributed by atoms with Crippen LogP contribution in [0.5, 0.6) is 0 Å². The van der Waals surface area contributed by atoms with Crippen molar-refractivity contribution in [2.45, 2.75) is 25.4 Å². The first-order valence-electron chi connectivity index (χ1n) is 9.30. The fourth-order valence-corrected chi connectivity index (χ4v) is 4.05. The molecule has 0 bridgehead atoms. The summed E-state index contributed by atoms with van der Waals surface area (Å²) >= 11 is 0. The zero-order valence-corrected chi connectivity index (χ0v) is 17.3. The number of rotatable bonds is 4. The number of nitrogens with zero attached hydrogens (tertiary/aromatic N) is 2. The monoisotopic (exact) mass is 441 g/mol. The highest BCUT2D eigenvalue weighted by atomic mass is 32.2. The Morgan fingerprint density at radius 1 is 1.10 bits per heavy atom. The predicted molar refractivity (Wildman–Crippen MR) is 109 cm³/mol. The molecule has 3 rings (SSSR count). The average Bonchev–Trinajstić information content (AvgIpc) is 2.68. The Morgan fingerprint density at radius 2 is 1.77 bits per heavy atom. The van der Waals surface area contributed by atoms with Crippen molar-refractivity contribution in [3.05, 3.63) is 59.7 Å². The average molecular weight is 441 g/mol. The van der Waals surface area contributed by atoms with E-state index in [4.69, 9.17) is 0 Å². The molecule has 10 heteroatoms. The molecule has 1 aliphatic heterocycles. The minimum absolute atomic E-state index is 0.0739. The van der Waals surface area contributed by atoms with Crippen LogP contribution in [-0.2, 0) is 10.0 Å². The van der Waals surface area contributed by atoms with E-state index in [0.29, 0.717) is 25.2 Å². The molecule has 1 atom stereocenters. The van der Waals surface area contributed by atoms with Crippen molar-refractivity contribution in [1.29, 1.82) is 0 Å². The molecule has 1 N–H and O–H groups in total. The van der Waals surface area contributed by atoms with E-state index in [0.717, 1.165) is 5.69 Å². The first-order valence-corrected chi connectivity index (χ1v) is 10.8. The summed E-state index contributed by atoms with van der Waals surface area (Å²) in [6.45, 7) is 5.19. The Morgan fingerprint density at radius 3 is 2.33 bits per heavy atom. The summed E-state index contributed by atoms with van der Waals surface area (Å²) in [5.41, 5.74) is -4.03. The lowest BCUT2D eigenvalue weighted by molar-refractivity contribution is -0.0429. The van der Waals surface area contributed by atoms with Gasteiger partial charge in [-0.25, -0.2) is 0 Å². The number of benzene rings is 2. The number of carbonyl (C=O) groups is 1. The van der Waals surface area contributed by atoms with Crippen LogP contribution in [0.25, 0.3) is 0 Å². The maximum absolute atomic E-state index is 13.0. The van der Waals surface area contributed by atoms with E-state index in [2.05, 4.69) is 4.90 Å². The minimum Gasteiger partial charge on any atom is -0.368 e. The molecular weight excluding hydrogens is 419 g/mol. The molecule has 1 aliphatic rings.